The quantitative estimate of drug-likeness (QED) is 0.476. The predicted molar refractivity (Wildman–Crippen MR) is 111 cm³/mol. The zero-order chi connectivity index (χ0) is 21.1. The third kappa shape index (κ3) is 8.59. The molecule has 0 aromatic rings. The first-order chi connectivity index (χ1) is 13.3. The number of allylic oxidation sites excluding steroid dienone is 4. The molecule has 5 atom stereocenters. The van der Waals surface area contributed by atoms with Crippen LogP contribution in [0.5, 0.6) is 0 Å². The number of aliphatic hydroxyl groups is 1. The molecule has 160 valence electrons. The molecule has 2 aliphatic rings. The predicted octanol–water partition coefficient (Wildman–Crippen LogP) is 5.05. The van der Waals surface area contributed by atoms with Crippen LogP contribution in [0.2, 0.25) is 0 Å². The number of carboxylic acids is 2. The number of hydrogen-bond donors (Lipinski definition) is 3. The summed E-state index contributed by atoms with van der Waals surface area (Å²) in [6, 6.07) is 0. The second-order valence-electron chi connectivity index (χ2n) is 8.31. The minimum Gasteiger partial charge on any atom is -0.481 e. The Hall–Kier alpha value is -1.62. The normalized spacial score (nSPS) is 25.6. The minimum atomic E-state index is -0.912. The summed E-state index contributed by atoms with van der Waals surface area (Å²) in [7, 11) is 0. The Bertz CT molecular complexity index is 551. The van der Waals surface area contributed by atoms with Crippen molar-refractivity contribution in [1.82, 2.24) is 0 Å². The molecule has 0 saturated carbocycles. The maximum Gasteiger partial charge on any atom is 0.306 e. The Balaban J connectivity index is 0.000000480. The van der Waals surface area contributed by atoms with Gasteiger partial charge in [-0.05, 0) is 61.9 Å². The van der Waals surface area contributed by atoms with E-state index in [2.05, 4.69) is 25.2 Å². The Kier molecular flexibility index (Phi) is 11.1. The first-order valence-electron chi connectivity index (χ1n) is 10.8. The van der Waals surface area contributed by atoms with E-state index in [9.17, 15) is 14.7 Å². The van der Waals surface area contributed by atoms with Crippen molar-refractivity contribution in [1.29, 1.82) is 0 Å². The van der Waals surface area contributed by atoms with Crippen LogP contribution >= 0.6 is 0 Å². The van der Waals surface area contributed by atoms with Gasteiger partial charge in [0.05, 0.1) is 18.4 Å². The summed E-state index contributed by atoms with van der Waals surface area (Å²) in [5, 5.41) is 26.4. The summed E-state index contributed by atoms with van der Waals surface area (Å²) in [5.74, 6) is 0.281. The molecule has 28 heavy (non-hydrogen) atoms. The number of aliphatic hydroxyl groups excluding tert-OH is 1. The lowest BCUT2D eigenvalue weighted by atomic mass is 9.68. The molecule has 0 aromatic heterocycles. The second kappa shape index (κ2) is 12.8. The number of unbranched alkanes of at least 4 members (excludes halogenated alkanes) is 1. The summed E-state index contributed by atoms with van der Waals surface area (Å²) < 4.78 is 0. The summed E-state index contributed by atoms with van der Waals surface area (Å²) in [5.41, 5.74) is 1.54. The molecule has 0 aliphatic heterocycles. The summed E-state index contributed by atoms with van der Waals surface area (Å²) in [6.07, 6.45) is 14.6. The van der Waals surface area contributed by atoms with Gasteiger partial charge in [0.25, 0.3) is 0 Å². The van der Waals surface area contributed by atoms with Crippen LogP contribution in [0, 0.1) is 23.7 Å². The van der Waals surface area contributed by atoms with Gasteiger partial charge in [-0.1, -0.05) is 51.8 Å². The fraction of sp³-hybridized carbons (Fsp3) is 0.739. The van der Waals surface area contributed by atoms with Gasteiger partial charge in [-0.3, -0.25) is 9.59 Å². The number of aliphatic carboxylic acids is 2. The molecule has 2 aliphatic carbocycles. The Labute approximate surface area is 169 Å². The first-order valence-corrected chi connectivity index (χ1v) is 10.8. The van der Waals surface area contributed by atoms with E-state index in [-0.39, 0.29) is 12.3 Å². The average Bonchev–Trinajstić information content (AvgIpc) is 2.65. The fourth-order valence-corrected chi connectivity index (χ4v) is 4.05. The highest BCUT2D eigenvalue weighted by atomic mass is 16.4. The van der Waals surface area contributed by atoms with Crippen molar-refractivity contribution in [3.63, 3.8) is 0 Å². The minimum absolute atomic E-state index is 0.127. The molecular formula is C23H38O5. The van der Waals surface area contributed by atoms with Crippen molar-refractivity contribution in [3.05, 3.63) is 23.8 Å². The lowest BCUT2D eigenvalue weighted by molar-refractivity contribution is -0.141. The number of carboxylic acid groups (broad SMARTS) is 2. The van der Waals surface area contributed by atoms with Gasteiger partial charge in [-0.25, -0.2) is 0 Å². The molecule has 5 unspecified atom stereocenters. The van der Waals surface area contributed by atoms with E-state index in [1.165, 1.54) is 31.3 Å². The van der Waals surface area contributed by atoms with Crippen molar-refractivity contribution in [3.8, 4) is 0 Å². The lowest BCUT2D eigenvalue weighted by Crippen LogP contribution is -2.27. The van der Waals surface area contributed by atoms with Crippen molar-refractivity contribution < 1.29 is 24.9 Å². The van der Waals surface area contributed by atoms with Crippen molar-refractivity contribution in [2.45, 2.75) is 84.7 Å². The molecule has 5 nitrogen and oxygen atoms in total. The second-order valence-corrected chi connectivity index (χ2v) is 8.31. The largest absolute Gasteiger partial charge is 0.481 e. The van der Waals surface area contributed by atoms with Crippen LogP contribution in [0.15, 0.2) is 23.8 Å². The summed E-state index contributed by atoms with van der Waals surface area (Å²) in [4.78, 5) is 20.4. The first kappa shape index (κ1) is 24.4. The van der Waals surface area contributed by atoms with Crippen LogP contribution < -0.4 is 0 Å². The van der Waals surface area contributed by atoms with E-state index in [4.69, 9.17) is 10.2 Å². The third-order valence-corrected chi connectivity index (χ3v) is 6.08. The fourth-order valence-electron chi connectivity index (χ4n) is 4.05. The maximum absolute atomic E-state index is 10.5. The van der Waals surface area contributed by atoms with Crippen LogP contribution in [0.3, 0.4) is 0 Å². The van der Waals surface area contributed by atoms with Gasteiger partial charge in [0, 0.05) is 0 Å². The third-order valence-electron chi connectivity index (χ3n) is 6.08. The van der Waals surface area contributed by atoms with E-state index in [1.807, 2.05) is 6.92 Å². The maximum atomic E-state index is 10.5. The molecule has 3 N–H and O–H groups in total. The van der Waals surface area contributed by atoms with Crippen LogP contribution in [-0.4, -0.2) is 33.4 Å². The van der Waals surface area contributed by atoms with Crippen LogP contribution in [0.1, 0.15) is 78.6 Å². The van der Waals surface area contributed by atoms with Gasteiger partial charge in [0.2, 0.25) is 0 Å². The standard InChI is InChI=1S/C18H28O3.C5H10O2/c1-13-10-11-14-6-2-4-9-17(14)16(13)8-5-3-7-15(19)12-18(20)21;1-3-4(2)5(6)7/h6,10-11,13,15-17,19H,2-5,7-9,12H2,1H3,(H,20,21);4H,3H2,1-2H3,(H,6,7). The van der Waals surface area contributed by atoms with Gasteiger partial charge in [-0.2, -0.15) is 0 Å². The number of hydrogen-bond acceptors (Lipinski definition) is 3. The highest BCUT2D eigenvalue weighted by Gasteiger charge is 2.31. The Morgan fingerprint density at radius 1 is 1.25 bits per heavy atom. The van der Waals surface area contributed by atoms with Gasteiger partial charge in [-0.15, -0.1) is 0 Å². The molecule has 0 amide bonds. The Morgan fingerprint density at radius 3 is 2.54 bits per heavy atom. The van der Waals surface area contributed by atoms with Gasteiger partial charge in [0.15, 0.2) is 0 Å². The molecule has 0 heterocycles. The SMILES string of the molecule is CC1C=CC2=CCCCC2C1CCCCC(O)CC(=O)O.CCC(C)C(=O)O. The van der Waals surface area contributed by atoms with E-state index in [0.717, 1.165) is 31.1 Å². The molecule has 2 rings (SSSR count). The van der Waals surface area contributed by atoms with Crippen molar-refractivity contribution in [2.24, 2.45) is 23.7 Å². The highest BCUT2D eigenvalue weighted by Crippen LogP contribution is 2.42. The molecule has 0 radical (unpaired) electrons. The molecular weight excluding hydrogens is 356 g/mol. The van der Waals surface area contributed by atoms with Gasteiger partial charge < -0.3 is 15.3 Å². The molecule has 0 bridgehead atoms. The van der Waals surface area contributed by atoms with E-state index in [1.54, 1.807) is 6.92 Å². The lowest BCUT2D eigenvalue weighted by Gasteiger charge is -2.37. The molecule has 5 heteroatoms. The smallest absolute Gasteiger partial charge is 0.306 e. The zero-order valence-corrected chi connectivity index (χ0v) is 17.6. The molecule has 0 saturated heterocycles. The van der Waals surface area contributed by atoms with Crippen molar-refractivity contribution >= 4 is 11.9 Å². The summed E-state index contributed by atoms with van der Waals surface area (Å²) >= 11 is 0. The molecule has 0 fully saturated rings. The van der Waals surface area contributed by atoms with Gasteiger partial charge in [0.1, 0.15) is 0 Å². The number of fused-ring (bicyclic) bond motifs is 1. The molecule has 0 aromatic carbocycles. The van der Waals surface area contributed by atoms with Crippen LogP contribution in [0.4, 0.5) is 0 Å². The Morgan fingerprint density at radius 2 is 1.96 bits per heavy atom. The number of carbonyl (C=O) groups is 2. The molecule has 0 spiro atoms. The van der Waals surface area contributed by atoms with E-state index >= 15 is 0 Å². The zero-order valence-electron chi connectivity index (χ0n) is 17.6. The monoisotopic (exact) mass is 394 g/mol. The summed E-state index contributed by atoms with van der Waals surface area (Å²) in [6.45, 7) is 5.87. The number of rotatable bonds is 9. The van der Waals surface area contributed by atoms with E-state index in [0.29, 0.717) is 12.3 Å². The average molecular weight is 395 g/mol. The van der Waals surface area contributed by atoms with Gasteiger partial charge >= 0.3 is 11.9 Å². The topological polar surface area (TPSA) is 94.8 Å². The van der Waals surface area contributed by atoms with Crippen molar-refractivity contribution in [2.75, 3.05) is 0 Å². The van der Waals surface area contributed by atoms with E-state index < -0.39 is 18.0 Å². The van der Waals surface area contributed by atoms with Crippen LogP contribution in [0.25, 0.3) is 0 Å². The highest BCUT2D eigenvalue weighted by molar-refractivity contribution is 5.69. The van der Waals surface area contributed by atoms with Crippen LogP contribution in [-0.2, 0) is 9.59 Å².